The number of hydrogen-bond donors (Lipinski definition) is 3. The summed E-state index contributed by atoms with van der Waals surface area (Å²) < 4.78 is 5.54. The van der Waals surface area contributed by atoms with Gasteiger partial charge in [0.1, 0.15) is 5.70 Å². The molecule has 9 heteroatoms. The van der Waals surface area contributed by atoms with E-state index in [2.05, 4.69) is 31.8 Å². The van der Waals surface area contributed by atoms with Gasteiger partial charge in [0.2, 0.25) is 0 Å². The summed E-state index contributed by atoms with van der Waals surface area (Å²) in [6.45, 7) is 0. The number of hydrogen-bond acceptors (Lipinski definition) is 6. The number of amides is 2. The van der Waals surface area contributed by atoms with Gasteiger partial charge in [-0.3, -0.25) is 9.59 Å². The number of nitrogens with one attached hydrogen (secondary N) is 2. The standard InChI is InChI=1S/C26H25BrN4O4/c1-31(2)20-11-9-17(10-12-20)14-22(29-25(33)19-7-5-4-6-8-19)26(34)30-28-16-18-13-21(27)24(32)23(15-18)35-3/h4-16,32H,1-3H3,(H,29,33)(H,30,34). The molecule has 3 N–H and O–H groups in total. The van der Waals surface area contributed by atoms with Crippen LogP contribution >= 0.6 is 15.9 Å². The van der Waals surface area contributed by atoms with E-state index in [-0.39, 0.29) is 17.2 Å². The normalized spacial score (nSPS) is 11.3. The highest BCUT2D eigenvalue weighted by Crippen LogP contribution is 2.34. The van der Waals surface area contributed by atoms with Crippen molar-refractivity contribution < 1.29 is 19.4 Å². The van der Waals surface area contributed by atoms with Crippen molar-refractivity contribution in [2.24, 2.45) is 5.10 Å². The predicted molar refractivity (Wildman–Crippen MR) is 141 cm³/mol. The molecule has 0 aliphatic rings. The van der Waals surface area contributed by atoms with Gasteiger partial charge in [0.25, 0.3) is 11.8 Å². The number of hydrazone groups is 1. The largest absolute Gasteiger partial charge is 0.503 e. The SMILES string of the molecule is COc1cc(C=NNC(=O)C(=Cc2ccc(N(C)C)cc2)NC(=O)c2ccccc2)cc(Br)c1O. The lowest BCUT2D eigenvalue weighted by molar-refractivity contribution is -0.117. The molecule has 0 saturated heterocycles. The monoisotopic (exact) mass is 536 g/mol. The lowest BCUT2D eigenvalue weighted by Gasteiger charge is -2.12. The highest BCUT2D eigenvalue weighted by molar-refractivity contribution is 9.10. The molecule has 3 aromatic carbocycles. The zero-order chi connectivity index (χ0) is 25.4. The smallest absolute Gasteiger partial charge is 0.287 e. The number of anilines is 1. The van der Waals surface area contributed by atoms with Crippen LogP contribution in [0.4, 0.5) is 5.69 Å². The Morgan fingerprint density at radius 3 is 2.34 bits per heavy atom. The molecule has 3 rings (SSSR count). The number of halogens is 1. The van der Waals surface area contributed by atoms with Gasteiger partial charge in [0, 0.05) is 25.3 Å². The van der Waals surface area contributed by atoms with Crippen molar-refractivity contribution in [3.63, 3.8) is 0 Å². The average Bonchev–Trinajstić information content (AvgIpc) is 2.86. The molecule has 0 saturated carbocycles. The van der Waals surface area contributed by atoms with Gasteiger partial charge < -0.3 is 20.1 Å². The van der Waals surface area contributed by atoms with Crippen molar-refractivity contribution in [2.75, 3.05) is 26.1 Å². The van der Waals surface area contributed by atoms with E-state index in [0.717, 1.165) is 11.3 Å². The molecule has 180 valence electrons. The lowest BCUT2D eigenvalue weighted by atomic mass is 10.1. The second kappa shape index (κ2) is 11.8. The summed E-state index contributed by atoms with van der Waals surface area (Å²) in [7, 11) is 5.30. The molecule has 2 amide bonds. The molecular formula is C26H25BrN4O4. The van der Waals surface area contributed by atoms with Crippen molar-refractivity contribution in [1.29, 1.82) is 0 Å². The van der Waals surface area contributed by atoms with Crippen LogP contribution in [0.15, 0.2) is 82.0 Å². The summed E-state index contributed by atoms with van der Waals surface area (Å²) in [6, 6.07) is 19.3. The number of methoxy groups -OCH3 is 1. The van der Waals surface area contributed by atoms with Gasteiger partial charge in [0.05, 0.1) is 17.8 Å². The maximum atomic E-state index is 12.9. The summed E-state index contributed by atoms with van der Waals surface area (Å²) in [5, 5.41) is 16.6. The number of carbonyl (C=O) groups is 2. The summed E-state index contributed by atoms with van der Waals surface area (Å²) in [5.41, 5.74) is 5.17. The molecule has 0 atom stereocenters. The van der Waals surface area contributed by atoms with Gasteiger partial charge >= 0.3 is 0 Å². The molecule has 0 unspecified atom stereocenters. The Morgan fingerprint density at radius 1 is 1.03 bits per heavy atom. The summed E-state index contributed by atoms with van der Waals surface area (Å²) in [6.07, 6.45) is 2.97. The van der Waals surface area contributed by atoms with E-state index in [1.807, 2.05) is 43.3 Å². The fraction of sp³-hybridized carbons (Fsp3) is 0.115. The molecule has 0 aliphatic heterocycles. The third kappa shape index (κ3) is 6.94. The van der Waals surface area contributed by atoms with Crippen molar-refractivity contribution >= 4 is 45.7 Å². The zero-order valence-corrected chi connectivity index (χ0v) is 21.0. The number of rotatable bonds is 8. The summed E-state index contributed by atoms with van der Waals surface area (Å²) >= 11 is 3.24. The minimum Gasteiger partial charge on any atom is -0.503 e. The number of benzene rings is 3. The zero-order valence-electron chi connectivity index (χ0n) is 19.4. The molecule has 3 aromatic rings. The molecule has 0 radical (unpaired) electrons. The molecule has 35 heavy (non-hydrogen) atoms. The van der Waals surface area contributed by atoms with Gasteiger partial charge in [-0.2, -0.15) is 5.10 Å². The maximum Gasteiger partial charge on any atom is 0.287 e. The number of carbonyl (C=O) groups excluding carboxylic acids is 2. The third-order valence-electron chi connectivity index (χ3n) is 4.90. The molecule has 0 fully saturated rings. The van der Waals surface area contributed by atoms with E-state index in [4.69, 9.17) is 4.74 Å². The topological polar surface area (TPSA) is 103 Å². The third-order valence-corrected chi connectivity index (χ3v) is 5.50. The van der Waals surface area contributed by atoms with Gasteiger partial charge in [-0.15, -0.1) is 0 Å². The molecular weight excluding hydrogens is 512 g/mol. The molecule has 0 spiro atoms. The van der Waals surface area contributed by atoms with Crippen LogP contribution in [0, 0.1) is 0 Å². The minimum absolute atomic E-state index is 0.0260. The van der Waals surface area contributed by atoms with Crippen LogP contribution in [0.25, 0.3) is 6.08 Å². The van der Waals surface area contributed by atoms with E-state index in [1.54, 1.807) is 48.5 Å². The highest BCUT2D eigenvalue weighted by atomic mass is 79.9. The Labute approximate surface area is 212 Å². The first-order chi connectivity index (χ1) is 16.8. The Kier molecular flexibility index (Phi) is 8.63. The number of ether oxygens (including phenoxy) is 1. The van der Waals surface area contributed by atoms with E-state index >= 15 is 0 Å². The first-order valence-electron chi connectivity index (χ1n) is 10.5. The number of aromatic hydroxyl groups is 1. The Balaban J connectivity index is 1.83. The molecule has 0 bridgehead atoms. The van der Waals surface area contributed by atoms with Gasteiger partial charge in [0.15, 0.2) is 11.5 Å². The van der Waals surface area contributed by atoms with Crippen LogP contribution in [0.1, 0.15) is 21.5 Å². The van der Waals surface area contributed by atoms with Crippen molar-refractivity contribution in [2.45, 2.75) is 0 Å². The van der Waals surface area contributed by atoms with Gasteiger partial charge in [-0.1, -0.05) is 30.3 Å². The fourth-order valence-corrected chi connectivity index (χ4v) is 3.49. The van der Waals surface area contributed by atoms with Crippen LogP contribution in [-0.2, 0) is 4.79 Å². The highest BCUT2D eigenvalue weighted by Gasteiger charge is 2.14. The molecule has 8 nitrogen and oxygen atoms in total. The quantitative estimate of drug-likeness (QED) is 0.228. The first-order valence-corrected chi connectivity index (χ1v) is 11.3. The number of phenolic OH excluding ortho intramolecular Hbond substituents is 1. The van der Waals surface area contributed by atoms with E-state index in [9.17, 15) is 14.7 Å². The van der Waals surface area contributed by atoms with Crippen LogP contribution in [0.3, 0.4) is 0 Å². The first kappa shape index (κ1) is 25.5. The van der Waals surface area contributed by atoms with Gasteiger partial charge in [-0.25, -0.2) is 5.43 Å². The van der Waals surface area contributed by atoms with E-state index < -0.39 is 11.8 Å². The van der Waals surface area contributed by atoms with E-state index in [1.165, 1.54) is 13.3 Å². The maximum absolute atomic E-state index is 12.9. The number of phenols is 1. The Morgan fingerprint density at radius 2 is 1.71 bits per heavy atom. The van der Waals surface area contributed by atoms with Gasteiger partial charge in [-0.05, 0) is 69.5 Å². The second-order valence-corrected chi connectivity index (χ2v) is 8.47. The summed E-state index contributed by atoms with van der Waals surface area (Å²) in [4.78, 5) is 27.6. The average molecular weight is 537 g/mol. The van der Waals surface area contributed by atoms with E-state index in [0.29, 0.717) is 15.6 Å². The minimum atomic E-state index is -0.605. The molecule has 0 aliphatic carbocycles. The van der Waals surface area contributed by atoms with Crippen molar-refractivity contribution in [3.05, 3.63) is 93.6 Å². The van der Waals surface area contributed by atoms with Crippen molar-refractivity contribution in [1.82, 2.24) is 10.7 Å². The molecule has 0 heterocycles. The van der Waals surface area contributed by atoms with Crippen LogP contribution in [0.5, 0.6) is 11.5 Å². The summed E-state index contributed by atoms with van der Waals surface area (Å²) in [5.74, 6) is -0.813. The predicted octanol–water partition coefficient (Wildman–Crippen LogP) is 4.15. The molecule has 0 aromatic heterocycles. The lowest BCUT2D eigenvalue weighted by Crippen LogP contribution is -2.32. The van der Waals surface area contributed by atoms with Crippen LogP contribution < -0.4 is 20.4 Å². The van der Waals surface area contributed by atoms with Crippen molar-refractivity contribution in [3.8, 4) is 11.5 Å². The van der Waals surface area contributed by atoms with Crippen LogP contribution in [0.2, 0.25) is 0 Å². The number of nitrogens with zero attached hydrogens (tertiary/aromatic N) is 2. The Hall–Kier alpha value is -4.11. The fourth-order valence-electron chi connectivity index (χ4n) is 3.03. The Bertz CT molecular complexity index is 1260. The second-order valence-electron chi connectivity index (χ2n) is 7.62. The van der Waals surface area contributed by atoms with Crippen LogP contribution in [-0.4, -0.2) is 44.3 Å².